The van der Waals surface area contributed by atoms with Crippen molar-refractivity contribution in [1.82, 2.24) is 9.97 Å². The minimum Gasteiger partial charge on any atom is -1.00 e. The van der Waals surface area contributed by atoms with E-state index < -0.39 is 0 Å². The molecule has 0 fully saturated rings. The predicted molar refractivity (Wildman–Crippen MR) is 58.2 cm³/mol. The molecule has 2 N–H and O–H groups in total. The smallest absolute Gasteiger partial charge is 0.139 e. The Hall–Kier alpha value is -1.81. The number of nitrogens with one attached hydrogen (secondary N) is 1. The number of hydrogen-bond acceptors (Lipinski definition) is 4. The zero-order valence-electron chi connectivity index (χ0n) is 8.68. The number of hydrogen-bond donors (Lipinski definition) is 2. The van der Waals surface area contributed by atoms with Gasteiger partial charge in [0.05, 0.1) is 5.69 Å². The van der Waals surface area contributed by atoms with Gasteiger partial charge in [-0.15, -0.1) is 0 Å². The number of halogens is 1. The number of rotatable bonds is 2. The molecule has 0 bridgehead atoms. The van der Waals surface area contributed by atoms with Gasteiger partial charge in [0.2, 0.25) is 0 Å². The van der Waals surface area contributed by atoms with Crippen molar-refractivity contribution in [3.05, 3.63) is 42.4 Å². The molecule has 1 aromatic heterocycles. The third-order valence-corrected chi connectivity index (χ3v) is 1.97. The number of benzene rings is 1. The summed E-state index contributed by atoms with van der Waals surface area (Å²) in [4.78, 5) is 8.03. The van der Waals surface area contributed by atoms with Gasteiger partial charge in [0, 0.05) is 11.8 Å². The highest BCUT2D eigenvalue weighted by molar-refractivity contribution is 5.63. The molecule has 0 saturated carbocycles. The fourth-order valence-electron chi connectivity index (χ4n) is 1.24. The number of aromatic nitrogens is 2. The van der Waals surface area contributed by atoms with Gasteiger partial charge in [-0.1, -0.05) is 12.1 Å². The molecule has 0 atom stereocenters. The Morgan fingerprint density at radius 2 is 1.94 bits per heavy atom. The topological polar surface area (TPSA) is 58.0 Å². The number of nitrogens with zero attached hydrogens (tertiary/aromatic N) is 2. The number of phenols is 1. The highest BCUT2D eigenvalue weighted by atomic mass is 35.5. The fourth-order valence-corrected chi connectivity index (χ4v) is 1.24. The second-order valence-corrected chi connectivity index (χ2v) is 3.19. The van der Waals surface area contributed by atoms with E-state index >= 15 is 0 Å². The first-order valence-corrected chi connectivity index (χ1v) is 4.59. The quantitative estimate of drug-likeness (QED) is 0.673. The van der Waals surface area contributed by atoms with E-state index in [1.807, 2.05) is 19.1 Å². The second kappa shape index (κ2) is 5.32. The Bertz CT molecular complexity index is 476. The van der Waals surface area contributed by atoms with Crippen molar-refractivity contribution in [2.75, 3.05) is 5.32 Å². The molecule has 0 aliphatic carbocycles. The van der Waals surface area contributed by atoms with Crippen molar-refractivity contribution in [2.24, 2.45) is 0 Å². The van der Waals surface area contributed by atoms with Crippen LogP contribution in [0.2, 0.25) is 0 Å². The summed E-state index contributed by atoms with van der Waals surface area (Å²) in [5, 5.41) is 12.5. The van der Waals surface area contributed by atoms with Crippen LogP contribution in [0.1, 0.15) is 5.69 Å². The average molecular weight is 237 g/mol. The van der Waals surface area contributed by atoms with Gasteiger partial charge >= 0.3 is 0 Å². The highest BCUT2D eigenvalue weighted by Gasteiger charge is 2.00. The molecule has 1 aromatic carbocycles. The van der Waals surface area contributed by atoms with Crippen LogP contribution in [0, 0.1) is 6.92 Å². The zero-order chi connectivity index (χ0) is 10.7. The minimum atomic E-state index is 0. The molecular formula is C11H11ClN3O-. The van der Waals surface area contributed by atoms with Crippen LogP contribution in [-0.2, 0) is 0 Å². The van der Waals surface area contributed by atoms with Crippen molar-refractivity contribution >= 4 is 11.5 Å². The van der Waals surface area contributed by atoms with Crippen molar-refractivity contribution in [2.45, 2.75) is 6.92 Å². The first-order valence-electron chi connectivity index (χ1n) is 4.59. The predicted octanol–water partition coefficient (Wildman–Crippen LogP) is -0.762. The Labute approximate surface area is 99.8 Å². The third-order valence-electron chi connectivity index (χ3n) is 1.97. The van der Waals surface area contributed by atoms with E-state index in [0.717, 1.165) is 5.69 Å². The summed E-state index contributed by atoms with van der Waals surface area (Å²) in [6.45, 7) is 1.89. The lowest BCUT2D eigenvalue weighted by Gasteiger charge is -2.06. The van der Waals surface area contributed by atoms with Crippen LogP contribution in [0.5, 0.6) is 5.75 Å². The van der Waals surface area contributed by atoms with Crippen LogP contribution in [-0.4, -0.2) is 15.1 Å². The van der Waals surface area contributed by atoms with E-state index in [2.05, 4.69) is 15.3 Å². The number of phenolic OH excluding ortho intramolecular Hbond substituents is 1. The van der Waals surface area contributed by atoms with Gasteiger partial charge in [-0.3, -0.25) is 0 Å². The molecule has 0 aliphatic rings. The summed E-state index contributed by atoms with van der Waals surface area (Å²) < 4.78 is 0. The molecule has 0 spiro atoms. The highest BCUT2D eigenvalue weighted by Crippen LogP contribution is 2.24. The van der Waals surface area contributed by atoms with Crippen LogP contribution in [0.4, 0.5) is 11.5 Å². The van der Waals surface area contributed by atoms with Crippen molar-refractivity contribution in [3.63, 3.8) is 0 Å². The molecule has 16 heavy (non-hydrogen) atoms. The first-order chi connectivity index (χ1) is 7.25. The molecule has 84 valence electrons. The van der Waals surface area contributed by atoms with Gasteiger partial charge in [0.25, 0.3) is 0 Å². The van der Waals surface area contributed by atoms with Crippen LogP contribution in [0.15, 0.2) is 36.7 Å². The van der Waals surface area contributed by atoms with Crippen LogP contribution in [0.25, 0.3) is 0 Å². The SMILES string of the molecule is Cc1cc(Nc2ccccc2O)ncn1.[Cl-]. The lowest BCUT2D eigenvalue weighted by atomic mass is 10.3. The van der Waals surface area contributed by atoms with Gasteiger partial charge in [-0.25, -0.2) is 9.97 Å². The molecular weight excluding hydrogens is 226 g/mol. The molecule has 0 unspecified atom stereocenters. The fraction of sp³-hybridized carbons (Fsp3) is 0.0909. The van der Waals surface area contributed by atoms with Gasteiger partial charge in [-0.2, -0.15) is 0 Å². The van der Waals surface area contributed by atoms with Gasteiger partial charge in [0.1, 0.15) is 17.9 Å². The summed E-state index contributed by atoms with van der Waals surface area (Å²) in [6, 6.07) is 8.83. The number of aryl methyl sites for hydroxylation is 1. The largest absolute Gasteiger partial charge is 1.00 e. The molecule has 0 radical (unpaired) electrons. The van der Waals surface area contributed by atoms with E-state index in [0.29, 0.717) is 11.5 Å². The van der Waals surface area contributed by atoms with Crippen molar-refractivity contribution in [1.29, 1.82) is 0 Å². The third kappa shape index (κ3) is 2.84. The first kappa shape index (κ1) is 12.3. The zero-order valence-corrected chi connectivity index (χ0v) is 9.44. The van der Waals surface area contributed by atoms with E-state index in [-0.39, 0.29) is 18.2 Å². The normalized spacial score (nSPS) is 9.31. The molecule has 0 saturated heterocycles. The van der Waals surface area contributed by atoms with E-state index in [9.17, 15) is 5.11 Å². The molecule has 4 nitrogen and oxygen atoms in total. The minimum absolute atomic E-state index is 0. The maximum Gasteiger partial charge on any atom is 0.139 e. The molecule has 0 aliphatic heterocycles. The number of aromatic hydroxyl groups is 1. The van der Waals surface area contributed by atoms with Gasteiger partial charge in [0.15, 0.2) is 0 Å². The van der Waals surface area contributed by atoms with E-state index in [1.165, 1.54) is 6.33 Å². The van der Waals surface area contributed by atoms with Gasteiger partial charge in [-0.05, 0) is 19.1 Å². The van der Waals surface area contributed by atoms with Crippen LogP contribution >= 0.6 is 0 Å². The summed E-state index contributed by atoms with van der Waals surface area (Å²) >= 11 is 0. The maximum atomic E-state index is 9.54. The Morgan fingerprint density at radius 3 is 2.62 bits per heavy atom. The molecule has 2 rings (SSSR count). The number of para-hydroxylation sites is 2. The molecule has 5 heteroatoms. The second-order valence-electron chi connectivity index (χ2n) is 3.19. The maximum absolute atomic E-state index is 9.54. The Morgan fingerprint density at radius 1 is 1.19 bits per heavy atom. The lowest BCUT2D eigenvalue weighted by Crippen LogP contribution is -3.00. The summed E-state index contributed by atoms with van der Waals surface area (Å²) in [6.07, 6.45) is 1.48. The van der Waals surface area contributed by atoms with E-state index in [4.69, 9.17) is 0 Å². The Balaban J connectivity index is 0.00000128. The molecule has 2 aromatic rings. The average Bonchev–Trinajstić information content (AvgIpc) is 2.22. The summed E-state index contributed by atoms with van der Waals surface area (Å²) in [5.74, 6) is 0.873. The standard InChI is InChI=1S/C11H11N3O.ClH/c1-8-6-11(13-7-12-8)14-9-4-2-3-5-10(9)15;/h2-7,15H,1H3,(H,12,13,14);1H/p-1. The van der Waals surface area contributed by atoms with Crippen molar-refractivity contribution in [3.8, 4) is 5.75 Å². The summed E-state index contributed by atoms with van der Waals surface area (Å²) in [5.41, 5.74) is 1.51. The molecule has 0 amide bonds. The monoisotopic (exact) mass is 236 g/mol. The van der Waals surface area contributed by atoms with Gasteiger partial charge < -0.3 is 22.8 Å². The van der Waals surface area contributed by atoms with E-state index in [1.54, 1.807) is 18.2 Å². The van der Waals surface area contributed by atoms with Crippen molar-refractivity contribution < 1.29 is 17.5 Å². The summed E-state index contributed by atoms with van der Waals surface area (Å²) in [7, 11) is 0. The van der Waals surface area contributed by atoms with Crippen LogP contribution in [0.3, 0.4) is 0 Å². The number of anilines is 2. The van der Waals surface area contributed by atoms with Crippen LogP contribution < -0.4 is 17.7 Å². The Kier molecular flexibility index (Phi) is 4.08. The molecule has 1 heterocycles. The lowest BCUT2D eigenvalue weighted by molar-refractivity contribution is -0.00000425.